The Kier molecular flexibility index (Phi) is 5.72. The average Bonchev–Trinajstić information content (AvgIpc) is 3.30. The van der Waals surface area contributed by atoms with Crippen LogP contribution in [0.3, 0.4) is 0 Å². The highest BCUT2D eigenvalue weighted by molar-refractivity contribution is 7.80. The molecule has 1 saturated heterocycles. The van der Waals surface area contributed by atoms with Gasteiger partial charge >= 0.3 is 0 Å². The van der Waals surface area contributed by atoms with Crippen LogP contribution in [0.5, 0.6) is 0 Å². The first-order valence-corrected chi connectivity index (χ1v) is 11.9. The van der Waals surface area contributed by atoms with Gasteiger partial charge < -0.3 is 14.8 Å². The van der Waals surface area contributed by atoms with E-state index in [4.69, 9.17) is 12.2 Å². The van der Waals surface area contributed by atoms with E-state index in [-0.39, 0.29) is 17.9 Å². The minimum absolute atomic E-state index is 0.0212. The van der Waals surface area contributed by atoms with E-state index in [1.165, 1.54) is 30.9 Å². The Labute approximate surface area is 194 Å². The summed E-state index contributed by atoms with van der Waals surface area (Å²) in [4.78, 5) is 7.11. The van der Waals surface area contributed by atoms with Crippen LogP contribution in [0.4, 0.5) is 4.39 Å². The van der Waals surface area contributed by atoms with Gasteiger partial charge in [-0.2, -0.15) is 0 Å². The predicted molar refractivity (Wildman–Crippen MR) is 129 cm³/mol. The van der Waals surface area contributed by atoms with Crippen LogP contribution in [0.2, 0.25) is 0 Å². The number of halogens is 1. The molecule has 3 aromatic rings. The fraction of sp³-hybridized carbons (Fsp3) is 0.385. The van der Waals surface area contributed by atoms with E-state index >= 15 is 0 Å². The molecule has 2 atom stereocenters. The molecule has 0 bridgehead atoms. The molecule has 2 aliphatic rings. The van der Waals surface area contributed by atoms with Gasteiger partial charge in [-0.1, -0.05) is 31.4 Å². The third kappa shape index (κ3) is 3.71. The van der Waals surface area contributed by atoms with Crippen molar-refractivity contribution in [3.05, 3.63) is 83.2 Å². The zero-order valence-electron chi connectivity index (χ0n) is 18.6. The monoisotopic (exact) mass is 448 g/mol. The quantitative estimate of drug-likeness (QED) is 0.501. The Morgan fingerprint density at radius 3 is 2.56 bits per heavy atom. The summed E-state index contributed by atoms with van der Waals surface area (Å²) in [6.07, 6.45) is 7.95. The summed E-state index contributed by atoms with van der Waals surface area (Å²) >= 11 is 5.90. The topological polar surface area (TPSA) is 33.1 Å². The summed E-state index contributed by atoms with van der Waals surface area (Å²) in [6.45, 7) is 4.21. The summed E-state index contributed by atoms with van der Waals surface area (Å²) in [5, 5.41) is 4.41. The van der Waals surface area contributed by atoms with Crippen molar-refractivity contribution in [3.63, 3.8) is 0 Å². The number of aryl methyl sites for hydroxylation is 1. The van der Waals surface area contributed by atoms with Crippen molar-refractivity contribution in [2.75, 3.05) is 0 Å². The molecule has 6 heteroatoms. The van der Waals surface area contributed by atoms with E-state index in [0.29, 0.717) is 6.04 Å². The van der Waals surface area contributed by atoms with Crippen molar-refractivity contribution in [2.45, 2.75) is 64.1 Å². The molecule has 0 unspecified atom stereocenters. The minimum Gasteiger partial charge on any atom is -0.352 e. The van der Waals surface area contributed by atoms with Crippen molar-refractivity contribution in [1.82, 2.24) is 19.8 Å². The average molecular weight is 449 g/mol. The largest absolute Gasteiger partial charge is 0.352 e. The molecule has 3 heterocycles. The molecule has 4 nitrogen and oxygen atoms in total. The van der Waals surface area contributed by atoms with Gasteiger partial charge in [-0.25, -0.2) is 4.39 Å². The molecule has 166 valence electrons. The first kappa shape index (κ1) is 21.1. The molecule has 2 fully saturated rings. The van der Waals surface area contributed by atoms with Crippen molar-refractivity contribution in [2.24, 2.45) is 0 Å². The Hall–Kier alpha value is -2.73. The van der Waals surface area contributed by atoms with Gasteiger partial charge in [0.2, 0.25) is 0 Å². The zero-order chi connectivity index (χ0) is 22.2. The molecule has 2 aromatic heterocycles. The van der Waals surface area contributed by atoms with Gasteiger partial charge in [-0.3, -0.25) is 4.98 Å². The number of pyridine rings is 1. The number of hydrogen-bond acceptors (Lipinski definition) is 2. The van der Waals surface area contributed by atoms with E-state index in [1.54, 1.807) is 12.1 Å². The number of nitrogens with zero attached hydrogens (tertiary/aromatic N) is 3. The highest BCUT2D eigenvalue weighted by atomic mass is 32.1. The van der Waals surface area contributed by atoms with E-state index < -0.39 is 0 Å². The molecular weight excluding hydrogens is 419 g/mol. The van der Waals surface area contributed by atoms with Gasteiger partial charge in [-0.05, 0) is 80.9 Å². The Bertz CT molecular complexity index is 1120. The second-order valence-corrected chi connectivity index (χ2v) is 9.35. The van der Waals surface area contributed by atoms with E-state index in [9.17, 15) is 4.39 Å². The molecule has 1 aliphatic heterocycles. The molecule has 1 aromatic carbocycles. The van der Waals surface area contributed by atoms with E-state index in [2.05, 4.69) is 45.7 Å². The number of aromatic nitrogens is 2. The second kappa shape index (κ2) is 8.66. The first-order chi connectivity index (χ1) is 15.5. The maximum absolute atomic E-state index is 14.0. The molecule has 32 heavy (non-hydrogen) atoms. The molecule has 0 amide bonds. The van der Waals surface area contributed by atoms with Gasteiger partial charge in [0.1, 0.15) is 5.82 Å². The van der Waals surface area contributed by atoms with Gasteiger partial charge in [0, 0.05) is 29.3 Å². The lowest BCUT2D eigenvalue weighted by molar-refractivity contribution is 0.197. The number of benzene rings is 1. The van der Waals surface area contributed by atoms with Gasteiger partial charge in [0.25, 0.3) is 0 Å². The maximum atomic E-state index is 14.0. The minimum atomic E-state index is -0.226. The van der Waals surface area contributed by atoms with Crippen molar-refractivity contribution < 1.29 is 4.39 Å². The molecule has 1 N–H and O–H groups in total. The van der Waals surface area contributed by atoms with Crippen LogP contribution in [-0.4, -0.2) is 25.6 Å². The highest BCUT2D eigenvalue weighted by Crippen LogP contribution is 2.44. The molecule has 0 radical (unpaired) electrons. The van der Waals surface area contributed by atoms with Crippen LogP contribution in [-0.2, 0) is 0 Å². The smallest absolute Gasteiger partial charge is 0.170 e. The maximum Gasteiger partial charge on any atom is 0.170 e. The third-order valence-corrected chi connectivity index (χ3v) is 7.29. The number of nitrogens with one attached hydrogen (secondary N) is 1. The predicted octanol–water partition coefficient (Wildman–Crippen LogP) is 5.93. The van der Waals surface area contributed by atoms with E-state index in [0.717, 1.165) is 40.7 Å². The Balaban J connectivity index is 1.63. The van der Waals surface area contributed by atoms with Crippen molar-refractivity contribution in [3.8, 4) is 5.69 Å². The summed E-state index contributed by atoms with van der Waals surface area (Å²) in [5.74, 6) is -0.226. The summed E-state index contributed by atoms with van der Waals surface area (Å²) in [7, 11) is 0. The van der Waals surface area contributed by atoms with Crippen LogP contribution in [0, 0.1) is 19.7 Å². The van der Waals surface area contributed by atoms with Gasteiger partial charge in [0.05, 0.1) is 17.8 Å². The standard InChI is InChI=1S/C26H29FN4S/c1-17-15-22(18(2)30(17)21-12-8-9-19(27)16-21)25-24(23-13-6-7-14-28-23)29-26(32)31(25)20-10-4-3-5-11-20/h6-9,12-16,20,24-25H,3-5,10-11H2,1-2H3,(H,29,32)/t24-,25-/m1/s1. The van der Waals surface area contributed by atoms with Gasteiger partial charge in [-0.15, -0.1) is 0 Å². The third-order valence-electron chi connectivity index (χ3n) is 6.96. The van der Waals surface area contributed by atoms with Crippen molar-refractivity contribution in [1.29, 1.82) is 0 Å². The molecule has 0 spiro atoms. The van der Waals surface area contributed by atoms with Crippen LogP contribution in [0.1, 0.15) is 66.8 Å². The normalized spacial score (nSPS) is 21.7. The Morgan fingerprint density at radius 2 is 1.84 bits per heavy atom. The fourth-order valence-electron chi connectivity index (χ4n) is 5.55. The SMILES string of the molecule is Cc1cc([C@@H]2[C@@H](c3ccccn3)NC(=S)N2C2CCCCC2)c(C)n1-c1cccc(F)c1. The van der Waals surface area contributed by atoms with Crippen molar-refractivity contribution >= 4 is 17.3 Å². The lowest BCUT2D eigenvalue weighted by atomic mass is 9.90. The lowest BCUT2D eigenvalue weighted by Gasteiger charge is -2.37. The summed E-state index contributed by atoms with van der Waals surface area (Å²) in [6, 6.07) is 15.6. The van der Waals surface area contributed by atoms with Crippen LogP contribution >= 0.6 is 12.2 Å². The van der Waals surface area contributed by atoms with Crippen LogP contribution in [0.25, 0.3) is 5.69 Å². The number of rotatable bonds is 4. The number of hydrogen-bond donors (Lipinski definition) is 1. The first-order valence-electron chi connectivity index (χ1n) is 11.5. The lowest BCUT2D eigenvalue weighted by Crippen LogP contribution is -2.40. The number of thiocarbonyl (C=S) groups is 1. The molecule has 1 saturated carbocycles. The summed E-state index contributed by atoms with van der Waals surface area (Å²) < 4.78 is 16.2. The molecular formula is C26H29FN4S. The van der Waals surface area contributed by atoms with E-state index in [1.807, 2.05) is 24.4 Å². The highest BCUT2D eigenvalue weighted by Gasteiger charge is 2.44. The summed E-state index contributed by atoms with van der Waals surface area (Å²) in [5.41, 5.74) is 5.27. The van der Waals surface area contributed by atoms with Gasteiger partial charge in [0.15, 0.2) is 5.11 Å². The zero-order valence-corrected chi connectivity index (χ0v) is 19.4. The molecule has 5 rings (SSSR count). The fourth-order valence-corrected chi connectivity index (χ4v) is 5.94. The van der Waals surface area contributed by atoms with Crippen LogP contribution < -0.4 is 5.32 Å². The molecule has 1 aliphatic carbocycles. The Morgan fingerprint density at radius 1 is 1.03 bits per heavy atom. The van der Waals surface area contributed by atoms with Crippen LogP contribution in [0.15, 0.2) is 54.7 Å². The second-order valence-electron chi connectivity index (χ2n) is 8.97.